The maximum absolute atomic E-state index is 5.91. The van der Waals surface area contributed by atoms with E-state index in [9.17, 15) is 0 Å². The van der Waals surface area contributed by atoms with Gasteiger partial charge in [0.2, 0.25) is 0 Å². The molecule has 0 aliphatic carbocycles. The molecule has 0 amide bonds. The van der Waals surface area contributed by atoms with E-state index in [2.05, 4.69) is 17.4 Å². The number of halogens is 2. The van der Waals surface area contributed by atoms with E-state index in [1.54, 1.807) is 12.1 Å². The molecule has 0 atom stereocenters. The summed E-state index contributed by atoms with van der Waals surface area (Å²) < 4.78 is 5.57. The van der Waals surface area contributed by atoms with E-state index < -0.39 is 0 Å². The molecule has 0 radical (unpaired) electrons. The van der Waals surface area contributed by atoms with E-state index in [4.69, 9.17) is 27.9 Å². The SMILES string of the molecule is Clc1ccc(OCCNCc2ccccc2)cc1Cl. The van der Waals surface area contributed by atoms with Crippen LogP contribution in [0.25, 0.3) is 0 Å². The lowest BCUT2D eigenvalue weighted by atomic mass is 10.2. The van der Waals surface area contributed by atoms with Gasteiger partial charge in [0.15, 0.2) is 0 Å². The molecule has 0 saturated carbocycles. The van der Waals surface area contributed by atoms with Crippen LogP contribution in [-0.4, -0.2) is 13.2 Å². The Hall–Kier alpha value is -1.22. The van der Waals surface area contributed by atoms with E-state index in [1.807, 2.05) is 24.3 Å². The van der Waals surface area contributed by atoms with Gasteiger partial charge in [-0.1, -0.05) is 53.5 Å². The zero-order chi connectivity index (χ0) is 13.5. The van der Waals surface area contributed by atoms with Crippen LogP contribution in [0.15, 0.2) is 48.5 Å². The number of rotatable bonds is 6. The van der Waals surface area contributed by atoms with Crippen molar-refractivity contribution in [1.82, 2.24) is 5.32 Å². The Morgan fingerprint density at radius 3 is 2.47 bits per heavy atom. The molecule has 2 nitrogen and oxygen atoms in total. The smallest absolute Gasteiger partial charge is 0.120 e. The van der Waals surface area contributed by atoms with Gasteiger partial charge >= 0.3 is 0 Å². The minimum Gasteiger partial charge on any atom is -0.492 e. The first-order chi connectivity index (χ1) is 9.25. The second-order valence-electron chi connectivity index (χ2n) is 4.09. The second kappa shape index (κ2) is 7.39. The highest BCUT2D eigenvalue weighted by molar-refractivity contribution is 6.42. The van der Waals surface area contributed by atoms with Crippen molar-refractivity contribution in [1.29, 1.82) is 0 Å². The minimum atomic E-state index is 0.511. The molecule has 0 unspecified atom stereocenters. The fraction of sp³-hybridized carbons (Fsp3) is 0.200. The van der Waals surface area contributed by atoms with Crippen molar-refractivity contribution < 1.29 is 4.74 Å². The third-order valence-corrected chi connectivity index (χ3v) is 3.35. The molecule has 19 heavy (non-hydrogen) atoms. The van der Waals surface area contributed by atoms with Crippen molar-refractivity contribution in [2.75, 3.05) is 13.2 Å². The summed E-state index contributed by atoms with van der Waals surface area (Å²) in [6.07, 6.45) is 0. The summed E-state index contributed by atoms with van der Waals surface area (Å²) in [6.45, 7) is 2.20. The Labute approximate surface area is 123 Å². The van der Waals surface area contributed by atoms with E-state index in [0.717, 1.165) is 18.8 Å². The maximum Gasteiger partial charge on any atom is 0.120 e. The van der Waals surface area contributed by atoms with Gasteiger partial charge in [-0.05, 0) is 17.7 Å². The lowest BCUT2D eigenvalue weighted by Gasteiger charge is -2.08. The van der Waals surface area contributed by atoms with Gasteiger partial charge in [0.25, 0.3) is 0 Å². The molecule has 2 rings (SSSR count). The summed E-state index contributed by atoms with van der Waals surface area (Å²) in [6, 6.07) is 15.5. The molecule has 0 aliphatic rings. The first-order valence-corrected chi connectivity index (χ1v) is 6.84. The van der Waals surface area contributed by atoms with Gasteiger partial charge in [-0.15, -0.1) is 0 Å². The van der Waals surface area contributed by atoms with Gasteiger partial charge in [-0.25, -0.2) is 0 Å². The summed E-state index contributed by atoms with van der Waals surface area (Å²) in [5, 5.41) is 4.36. The standard InChI is InChI=1S/C15H15Cl2NO/c16-14-7-6-13(10-15(14)17)19-9-8-18-11-12-4-2-1-3-5-12/h1-7,10,18H,8-9,11H2. The fourth-order valence-electron chi connectivity index (χ4n) is 1.64. The van der Waals surface area contributed by atoms with E-state index in [-0.39, 0.29) is 0 Å². The molecule has 0 heterocycles. The van der Waals surface area contributed by atoms with Crippen molar-refractivity contribution in [3.05, 3.63) is 64.1 Å². The quantitative estimate of drug-likeness (QED) is 0.808. The Balaban J connectivity index is 1.68. The zero-order valence-corrected chi connectivity index (χ0v) is 11.9. The second-order valence-corrected chi connectivity index (χ2v) is 4.90. The van der Waals surface area contributed by atoms with Crippen LogP contribution in [0.4, 0.5) is 0 Å². The first-order valence-electron chi connectivity index (χ1n) is 6.08. The molecule has 0 saturated heterocycles. The van der Waals surface area contributed by atoms with Crippen molar-refractivity contribution in [2.45, 2.75) is 6.54 Å². The molecule has 4 heteroatoms. The Morgan fingerprint density at radius 2 is 1.74 bits per heavy atom. The first kappa shape index (κ1) is 14.2. The van der Waals surface area contributed by atoms with Crippen LogP contribution < -0.4 is 10.1 Å². The molecule has 100 valence electrons. The van der Waals surface area contributed by atoms with Crippen molar-refractivity contribution >= 4 is 23.2 Å². The van der Waals surface area contributed by atoms with Gasteiger partial charge < -0.3 is 10.1 Å². The highest BCUT2D eigenvalue weighted by Gasteiger charge is 2.00. The fourth-order valence-corrected chi connectivity index (χ4v) is 1.92. The number of nitrogens with one attached hydrogen (secondary N) is 1. The Bertz CT molecular complexity index is 517. The largest absolute Gasteiger partial charge is 0.492 e. The lowest BCUT2D eigenvalue weighted by Crippen LogP contribution is -2.20. The molecule has 1 N–H and O–H groups in total. The van der Waals surface area contributed by atoms with Crippen LogP contribution in [0, 0.1) is 0 Å². The summed E-state index contributed by atoms with van der Waals surface area (Å²) >= 11 is 11.7. The Morgan fingerprint density at radius 1 is 0.947 bits per heavy atom. The number of hydrogen-bond donors (Lipinski definition) is 1. The van der Waals surface area contributed by atoms with Crippen LogP contribution in [0.5, 0.6) is 5.75 Å². The minimum absolute atomic E-state index is 0.511. The number of benzene rings is 2. The molecule has 0 aromatic heterocycles. The molecular weight excluding hydrogens is 281 g/mol. The monoisotopic (exact) mass is 295 g/mol. The van der Waals surface area contributed by atoms with Crippen molar-refractivity contribution in [3.8, 4) is 5.75 Å². The lowest BCUT2D eigenvalue weighted by molar-refractivity contribution is 0.313. The van der Waals surface area contributed by atoms with Crippen molar-refractivity contribution in [3.63, 3.8) is 0 Å². The predicted molar refractivity (Wildman–Crippen MR) is 80.1 cm³/mol. The van der Waals surface area contributed by atoms with Gasteiger partial charge in [0, 0.05) is 19.2 Å². The molecule has 0 spiro atoms. The van der Waals surface area contributed by atoms with Gasteiger partial charge in [-0.3, -0.25) is 0 Å². The molecule has 2 aromatic rings. The van der Waals surface area contributed by atoms with Crippen molar-refractivity contribution in [2.24, 2.45) is 0 Å². The van der Waals surface area contributed by atoms with Gasteiger partial charge in [0.05, 0.1) is 10.0 Å². The van der Waals surface area contributed by atoms with Crippen LogP contribution in [0.3, 0.4) is 0 Å². The maximum atomic E-state index is 5.91. The molecule has 2 aromatic carbocycles. The third kappa shape index (κ3) is 4.75. The third-order valence-electron chi connectivity index (χ3n) is 2.61. The molecule has 0 bridgehead atoms. The predicted octanol–water partition coefficient (Wildman–Crippen LogP) is 4.16. The highest BCUT2D eigenvalue weighted by Crippen LogP contribution is 2.26. The zero-order valence-electron chi connectivity index (χ0n) is 10.4. The van der Waals surface area contributed by atoms with Crippen LogP contribution in [0.2, 0.25) is 10.0 Å². The molecular formula is C15H15Cl2NO. The summed E-state index contributed by atoms with van der Waals surface area (Å²) in [5.41, 5.74) is 1.26. The summed E-state index contributed by atoms with van der Waals surface area (Å²) in [7, 11) is 0. The van der Waals surface area contributed by atoms with E-state index in [0.29, 0.717) is 16.7 Å². The van der Waals surface area contributed by atoms with Crippen LogP contribution in [0.1, 0.15) is 5.56 Å². The number of ether oxygens (including phenoxy) is 1. The van der Waals surface area contributed by atoms with Gasteiger partial charge in [0.1, 0.15) is 12.4 Å². The Kier molecular flexibility index (Phi) is 5.52. The topological polar surface area (TPSA) is 21.3 Å². The molecule has 0 fully saturated rings. The normalized spacial score (nSPS) is 10.4. The van der Waals surface area contributed by atoms with E-state index >= 15 is 0 Å². The average Bonchev–Trinajstić information content (AvgIpc) is 2.43. The summed E-state index contributed by atoms with van der Waals surface area (Å²) in [4.78, 5) is 0. The highest BCUT2D eigenvalue weighted by atomic mass is 35.5. The van der Waals surface area contributed by atoms with Crippen LogP contribution in [-0.2, 0) is 6.54 Å². The number of hydrogen-bond acceptors (Lipinski definition) is 2. The average molecular weight is 296 g/mol. The van der Waals surface area contributed by atoms with E-state index in [1.165, 1.54) is 5.56 Å². The van der Waals surface area contributed by atoms with Gasteiger partial charge in [-0.2, -0.15) is 0 Å². The van der Waals surface area contributed by atoms with Crippen LogP contribution >= 0.6 is 23.2 Å². The molecule has 0 aliphatic heterocycles. The summed E-state index contributed by atoms with van der Waals surface area (Å²) in [5.74, 6) is 0.732.